The van der Waals surface area contributed by atoms with Crippen molar-refractivity contribution in [2.45, 2.75) is 45.0 Å². The summed E-state index contributed by atoms with van der Waals surface area (Å²) < 4.78 is 5.06. The van der Waals surface area contributed by atoms with Crippen molar-refractivity contribution in [3.05, 3.63) is 35.4 Å². The highest BCUT2D eigenvalue weighted by Gasteiger charge is 2.20. The standard InChI is InChI=1S/C16H22N2O4/c1-16(2,3)22-15(21)18-8-7-13(19)14(20)12-6-4-5-11(9-12)10-17/h4-6,9,13-14,19-20H,7-8H2,1-3H3,(H,18,21). The van der Waals surface area contributed by atoms with Crippen molar-refractivity contribution in [1.29, 1.82) is 5.26 Å². The highest BCUT2D eigenvalue weighted by Crippen LogP contribution is 2.19. The van der Waals surface area contributed by atoms with Crippen LogP contribution in [-0.2, 0) is 4.74 Å². The zero-order chi connectivity index (χ0) is 16.8. The van der Waals surface area contributed by atoms with Gasteiger partial charge in [-0.1, -0.05) is 12.1 Å². The average molecular weight is 306 g/mol. The Bertz CT molecular complexity index is 546. The summed E-state index contributed by atoms with van der Waals surface area (Å²) in [6.07, 6.45) is -2.57. The van der Waals surface area contributed by atoms with E-state index in [2.05, 4.69) is 5.32 Å². The molecule has 0 spiro atoms. The molecule has 1 amide bonds. The Kier molecular flexibility index (Phi) is 6.35. The summed E-state index contributed by atoms with van der Waals surface area (Å²) >= 11 is 0. The van der Waals surface area contributed by atoms with Gasteiger partial charge in [0.2, 0.25) is 0 Å². The molecule has 0 heterocycles. The first-order valence-electron chi connectivity index (χ1n) is 7.06. The van der Waals surface area contributed by atoms with E-state index < -0.39 is 23.9 Å². The van der Waals surface area contributed by atoms with E-state index in [4.69, 9.17) is 10.00 Å². The van der Waals surface area contributed by atoms with E-state index in [-0.39, 0.29) is 13.0 Å². The second-order valence-electron chi connectivity index (χ2n) is 5.97. The highest BCUT2D eigenvalue weighted by atomic mass is 16.6. The van der Waals surface area contributed by atoms with Crippen LogP contribution in [-0.4, -0.2) is 34.6 Å². The van der Waals surface area contributed by atoms with E-state index in [1.165, 1.54) is 6.07 Å². The molecule has 6 nitrogen and oxygen atoms in total. The first-order chi connectivity index (χ1) is 10.2. The van der Waals surface area contributed by atoms with Gasteiger partial charge in [0.05, 0.1) is 17.7 Å². The molecule has 0 aliphatic carbocycles. The first-order valence-corrected chi connectivity index (χ1v) is 7.06. The lowest BCUT2D eigenvalue weighted by atomic mass is 10.0. The number of amides is 1. The number of hydrogen-bond acceptors (Lipinski definition) is 5. The predicted octanol–water partition coefficient (Wildman–Crippen LogP) is 1.87. The van der Waals surface area contributed by atoms with Gasteiger partial charge in [0.15, 0.2) is 0 Å². The molecule has 0 aliphatic rings. The molecule has 2 atom stereocenters. The van der Waals surface area contributed by atoms with Crippen LogP contribution >= 0.6 is 0 Å². The number of nitriles is 1. The molecule has 0 bridgehead atoms. The number of benzene rings is 1. The van der Waals surface area contributed by atoms with Gasteiger partial charge in [0.1, 0.15) is 11.7 Å². The van der Waals surface area contributed by atoms with Crippen LogP contribution in [0.1, 0.15) is 44.4 Å². The van der Waals surface area contributed by atoms with Gasteiger partial charge in [-0.05, 0) is 44.9 Å². The minimum Gasteiger partial charge on any atom is -0.444 e. The number of aliphatic hydroxyl groups is 2. The first kappa shape index (κ1) is 18.0. The molecule has 1 aromatic carbocycles. The Balaban J connectivity index is 2.46. The Morgan fingerprint density at radius 2 is 2.09 bits per heavy atom. The minimum absolute atomic E-state index is 0.164. The fourth-order valence-electron chi connectivity index (χ4n) is 1.81. The van der Waals surface area contributed by atoms with Crippen LogP contribution in [0.5, 0.6) is 0 Å². The van der Waals surface area contributed by atoms with Crippen molar-refractivity contribution in [2.24, 2.45) is 0 Å². The fourth-order valence-corrected chi connectivity index (χ4v) is 1.81. The number of nitrogens with zero attached hydrogens (tertiary/aromatic N) is 1. The number of hydrogen-bond donors (Lipinski definition) is 3. The number of carbonyl (C=O) groups excluding carboxylic acids is 1. The highest BCUT2D eigenvalue weighted by molar-refractivity contribution is 5.67. The van der Waals surface area contributed by atoms with Crippen molar-refractivity contribution in [2.75, 3.05) is 6.54 Å². The van der Waals surface area contributed by atoms with Gasteiger partial charge >= 0.3 is 6.09 Å². The third-order valence-electron chi connectivity index (χ3n) is 2.83. The molecule has 1 rings (SSSR count). The normalized spacial score (nSPS) is 13.8. The number of aliphatic hydroxyl groups excluding tert-OH is 2. The Labute approximate surface area is 130 Å². The fraction of sp³-hybridized carbons (Fsp3) is 0.500. The predicted molar refractivity (Wildman–Crippen MR) is 81.0 cm³/mol. The molecule has 0 aromatic heterocycles. The van der Waals surface area contributed by atoms with Crippen molar-refractivity contribution in [3.63, 3.8) is 0 Å². The van der Waals surface area contributed by atoms with E-state index in [0.29, 0.717) is 11.1 Å². The molecule has 2 unspecified atom stereocenters. The Morgan fingerprint density at radius 1 is 1.41 bits per heavy atom. The Hall–Kier alpha value is -2.10. The summed E-state index contributed by atoms with van der Waals surface area (Å²) in [4.78, 5) is 11.5. The summed E-state index contributed by atoms with van der Waals surface area (Å²) in [5.41, 5.74) is 0.291. The van der Waals surface area contributed by atoms with Gasteiger partial charge in [-0.15, -0.1) is 0 Å². The van der Waals surface area contributed by atoms with Crippen LogP contribution in [0, 0.1) is 11.3 Å². The molecule has 0 fully saturated rings. The van der Waals surface area contributed by atoms with Crippen LogP contribution < -0.4 is 5.32 Å². The van der Waals surface area contributed by atoms with E-state index in [9.17, 15) is 15.0 Å². The topological polar surface area (TPSA) is 103 Å². The van der Waals surface area contributed by atoms with Crippen LogP contribution in [0.2, 0.25) is 0 Å². The molecular weight excluding hydrogens is 284 g/mol. The largest absolute Gasteiger partial charge is 0.444 e. The van der Waals surface area contributed by atoms with Crippen LogP contribution in [0.25, 0.3) is 0 Å². The number of ether oxygens (including phenoxy) is 1. The van der Waals surface area contributed by atoms with Gasteiger partial charge in [-0.2, -0.15) is 5.26 Å². The summed E-state index contributed by atoms with van der Waals surface area (Å²) in [7, 11) is 0. The van der Waals surface area contributed by atoms with E-state index in [0.717, 1.165) is 0 Å². The van der Waals surface area contributed by atoms with Crippen molar-refractivity contribution in [1.82, 2.24) is 5.32 Å². The lowest BCUT2D eigenvalue weighted by molar-refractivity contribution is 0.0123. The van der Waals surface area contributed by atoms with E-state index >= 15 is 0 Å². The number of rotatable bonds is 5. The lowest BCUT2D eigenvalue weighted by Crippen LogP contribution is -2.34. The molecule has 0 saturated heterocycles. The average Bonchev–Trinajstić information content (AvgIpc) is 2.44. The maximum atomic E-state index is 11.5. The number of alkyl carbamates (subject to hydrolysis) is 1. The summed E-state index contributed by atoms with van der Waals surface area (Å²) in [6, 6.07) is 8.39. The lowest BCUT2D eigenvalue weighted by Gasteiger charge is -2.21. The summed E-state index contributed by atoms with van der Waals surface area (Å²) in [5.74, 6) is 0. The maximum Gasteiger partial charge on any atom is 0.407 e. The third-order valence-corrected chi connectivity index (χ3v) is 2.83. The smallest absolute Gasteiger partial charge is 0.407 e. The second-order valence-corrected chi connectivity index (χ2v) is 5.97. The minimum atomic E-state index is -1.12. The molecular formula is C16H22N2O4. The molecule has 3 N–H and O–H groups in total. The molecule has 1 aromatic rings. The van der Waals surface area contributed by atoms with Gasteiger partial charge < -0.3 is 20.3 Å². The second kappa shape index (κ2) is 7.78. The molecule has 0 radical (unpaired) electrons. The Morgan fingerprint density at radius 3 is 2.68 bits per heavy atom. The zero-order valence-electron chi connectivity index (χ0n) is 13.0. The van der Waals surface area contributed by atoms with Gasteiger partial charge in [0, 0.05) is 6.54 Å². The van der Waals surface area contributed by atoms with Crippen LogP contribution in [0.15, 0.2) is 24.3 Å². The van der Waals surface area contributed by atoms with Crippen LogP contribution in [0.4, 0.5) is 4.79 Å². The van der Waals surface area contributed by atoms with Crippen molar-refractivity contribution < 1.29 is 19.7 Å². The quantitative estimate of drug-likeness (QED) is 0.770. The molecule has 22 heavy (non-hydrogen) atoms. The molecule has 6 heteroatoms. The van der Waals surface area contributed by atoms with Gasteiger partial charge in [-0.25, -0.2) is 4.79 Å². The van der Waals surface area contributed by atoms with Gasteiger partial charge in [0.25, 0.3) is 0 Å². The zero-order valence-corrected chi connectivity index (χ0v) is 13.0. The molecule has 120 valence electrons. The maximum absolute atomic E-state index is 11.5. The van der Waals surface area contributed by atoms with E-state index in [1.807, 2.05) is 6.07 Å². The van der Waals surface area contributed by atoms with E-state index in [1.54, 1.807) is 39.0 Å². The number of carbonyl (C=O) groups is 1. The summed E-state index contributed by atoms with van der Waals surface area (Å²) in [6.45, 7) is 5.44. The molecule has 0 saturated carbocycles. The SMILES string of the molecule is CC(C)(C)OC(=O)NCCC(O)C(O)c1cccc(C#N)c1. The molecule has 0 aliphatic heterocycles. The summed E-state index contributed by atoms with van der Waals surface area (Å²) in [5, 5.41) is 31.3. The monoisotopic (exact) mass is 306 g/mol. The number of nitrogens with one attached hydrogen (secondary N) is 1. The van der Waals surface area contributed by atoms with Crippen molar-refractivity contribution >= 4 is 6.09 Å². The van der Waals surface area contributed by atoms with Gasteiger partial charge in [-0.3, -0.25) is 0 Å². The van der Waals surface area contributed by atoms with Crippen LogP contribution in [0.3, 0.4) is 0 Å². The van der Waals surface area contributed by atoms with Crippen molar-refractivity contribution in [3.8, 4) is 6.07 Å². The third kappa shape index (κ3) is 6.12.